The molecule has 0 aromatic rings. The summed E-state index contributed by atoms with van der Waals surface area (Å²) in [5.41, 5.74) is -0.571. The van der Waals surface area contributed by atoms with Crippen LogP contribution in [0, 0.1) is 0 Å². The summed E-state index contributed by atoms with van der Waals surface area (Å²) in [6, 6.07) is 0. The van der Waals surface area contributed by atoms with E-state index in [1.807, 2.05) is 6.92 Å². The van der Waals surface area contributed by atoms with Gasteiger partial charge >= 0.3 is 0 Å². The first-order chi connectivity index (χ1) is 7.89. The lowest BCUT2D eigenvalue weighted by Crippen LogP contribution is -2.53. The highest BCUT2D eigenvalue weighted by atomic mass is 16.5. The van der Waals surface area contributed by atoms with Crippen molar-refractivity contribution in [3.05, 3.63) is 0 Å². The number of β-amino-alcohol motifs (C(OH)–C–C–N with tert-alkyl or cyclic N) is 1. The fourth-order valence-electron chi connectivity index (χ4n) is 2.78. The molecule has 0 aromatic carbocycles. The van der Waals surface area contributed by atoms with Gasteiger partial charge in [-0.1, -0.05) is 0 Å². The van der Waals surface area contributed by atoms with Gasteiger partial charge in [0, 0.05) is 38.3 Å². The van der Waals surface area contributed by atoms with E-state index in [1.165, 1.54) is 6.42 Å². The van der Waals surface area contributed by atoms with Crippen LogP contribution in [0.3, 0.4) is 0 Å². The topological polar surface area (TPSA) is 44.7 Å². The average Bonchev–Trinajstić information content (AvgIpc) is 2.64. The highest BCUT2D eigenvalue weighted by Crippen LogP contribution is 2.23. The molecule has 17 heavy (non-hydrogen) atoms. The summed E-state index contributed by atoms with van der Waals surface area (Å²) in [5.74, 6) is 0. The second-order valence-corrected chi connectivity index (χ2v) is 6.43. The lowest BCUT2D eigenvalue weighted by Gasteiger charge is -2.40. The molecule has 0 radical (unpaired) electrons. The molecule has 2 aliphatic heterocycles. The third-order valence-corrected chi connectivity index (χ3v) is 3.90. The molecule has 4 heteroatoms. The molecule has 2 N–H and O–H groups in total. The Bertz CT molecular complexity index is 260. The van der Waals surface area contributed by atoms with E-state index in [4.69, 9.17) is 4.74 Å². The molecule has 0 amide bonds. The summed E-state index contributed by atoms with van der Waals surface area (Å²) in [5, 5.41) is 13.6. The van der Waals surface area contributed by atoms with Crippen molar-refractivity contribution in [2.75, 3.05) is 32.8 Å². The number of nitrogens with one attached hydrogen (secondary N) is 1. The van der Waals surface area contributed by atoms with Crippen molar-refractivity contribution in [2.24, 2.45) is 0 Å². The van der Waals surface area contributed by atoms with Gasteiger partial charge in [-0.05, 0) is 33.6 Å². The van der Waals surface area contributed by atoms with Crippen molar-refractivity contribution in [2.45, 2.75) is 50.9 Å². The van der Waals surface area contributed by atoms with Crippen LogP contribution in [0.2, 0.25) is 0 Å². The number of rotatable bonds is 2. The quantitative estimate of drug-likeness (QED) is 0.744. The Morgan fingerprint density at radius 3 is 2.76 bits per heavy atom. The van der Waals surface area contributed by atoms with Crippen LogP contribution in [-0.4, -0.2) is 60.0 Å². The number of hydrogen-bond acceptors (Lipinski definition) is 4. The van der Waals surface area contributed by atoms with E-state index < -0.39 is 5.60 Å². The van der Waals surface area contributed by atoms with Gasteiger partial charge in [-0.15, -0.1) is 0 Å². The Morgan fingerprint density at radius 1 is 1.35 bits per heavy atom. The molecule has 4 nitrogen and oxygen atoms in total. The van der Waals surface area contributed by atoms with Crippen molar-refractivity contribution < 1.29 is 9.84 Å². The Balaban J connectivity index is 2.03. The number of aliphatic hydroxyl groups is 1. The van der Waals surface area contributed by atoms with Crippen LogP contribution in [0.1, 0.15) is 33.6 Å². The van der Waals surface area contributed by atoms with Gasteiger partial charge in [0.1, 0.15) is 0 Å². The van der Waals surface area contributed by atoms with E-state index in [1.54, 1.807) is 0 Å². The molecular weight excluding hydrogens is 216 g/mol. The van der Waals surface area contributed by atoms with Crippen LogP contribution in [0.15, 0.2) is 0 Å². The van der Waals surface area contributed by atoms with Crippen molar-refractivity contribution >= 4 is 0 Å². The minimum atomic E-state index is -0.646. The number of ether oxygens (including phenoxy) is 1. The molecule has 0 bridgehead atoms. The summed E-state index contributed by atoms with van der Waals surface area (Å²) >= 11 is 0. The van der Waals surface area contributed by atoms with E-state index in [9.17, 15) is 5.11 Å². The normalized spacial score (nSPS) is 39.2. The second-order valence-electron chi connectivity index (χ2n) is 6.43. The molecule has 2 atom stereocenters. The van der Waals surface area contributed by atoms with Crippen LogP contribution < -0.4 is 5.32 Å². The maximum absolute atomic E-state index is 10.3. The standard InChI is InChI=1S/C13H26N2O2/c1-12(2)8-14-9-13(3,16)10-15(12)7-11-5-4-6-17-11/h11,14,16H,4-10H2,1-3H3. The largest absolute Gasteiger partial charge is 0.388 e. The van der Waals surface area contributed by atoms with Gasteiger partial charge in [0.05, 0.1) is 11.7 Å². The predicted molar refractivity (Wildman–Crippen MR) is 68.1 cm³/mol. The molecule has 2 rings (SSSR count). The summed E-state index contributed by atoms with van der Waals surface area (Å²) < 4.78 is 5.71. The zero-order valence-electron chi connectivity index (χ0n) is 11.3. The Kier molecular flexibility index (Phi) is 3.78. The van der Waals surface area contributed by atoms with Crippen molar-refractivity contribution in [1.29, 1.82) is 0 Å². The molecular formula is C13H26N2O2. The Labute approximate surface area is 104 Å². The fourth-order valence-corrected chi connectivity index (χ4v) is 2.78. The van der Waals surface area contributed by atoms with E-state index in [-0.39, 0.29) is 5.54 Å². The van der Waals surface area contributed by atoms with Crippen LogP contribution in [0.25, 0.3) is 0 Å². The lowest BCUT2D eigenvalue weighted by molar-refractivity contribution is -0.0157. The van der Waals surface area contributed by atoms with Gasteiger partial charge in [0.15, 0.2) is 0 Å². The van der Waals surface area contributed by atoms with Gasteiger partial charge in [-0.2, -0.15) is 0 Å². The van der Waals surface area contributed by atoms with Crippen molar-refractivity contribution in [3.8, 4) is 0 Å². The fraction of sp³-hybridized carbons (Fsp3) is 1.00. The van der Waals surface area contributed by atoms with Gasteiger partial charge in [0.2, 0.25) is 0 Å². The zero-order valence-corrected chi connectivity index (χ0v) is 11.3. The minimum Gasteiger partial charge on any atom is -0.388 e. The molecule has 0 saturated carbocycles. The highest BCUT2D eigenvalue weighted by Gasteiger charge is 2.37. The summed E-state index contributed by atoms with van der Waals surface area (Å²) in [4.78, 5) is 2.38. The summed E-state index contributed by atoms with van der Waals surface area (Å²) in [7, 11) is 0. The van der Waals surface area contributed by atoms with E-state index in [2.05, 4.69) is 24.1 Å². The van der Waals surface area contributed by atoms with Crippen LogP contribution in [0.4, 0.5) is 0 Å². The summed E-state index contributed by atoms with van der Waals surface area (Å²) in [6.07, 6.45) is 2.68. The smallest absolute Gasteiger partial charge is 0.0869 e. The molecule has 2 fully saturated rings. The maximum Gasteiger partial charge on any atom is 0.0869 e. The highest BCUT2D eigenvalue weighted by molar-refractivity contribution is 4.95. The lowest BCUT2D eigenvalue weighted by atomic mass is 10.00. The minimum absolute atomic E-state index is 0.0758. The molecule has 0 spiro atoms. The third-order valence-electron chi connectivity index (χ3n) is 3.90. The van der Waals surface area contributed by atoms with Crippen LogP contribution >= 0.6 is 0 Å². The molecule has 0 aliphatic carbocycles. The zero-order chi connectivity index (χ0) is 12.5. The monoisotopic (exact) mass is 242 g/mol. The molecule has 100 valence electrons. The SMILES string of the molecule is CC1(O)CNCC(C)(C)N(CC2CCCO2)C1. The number of nitrogens with zero attached hydrogens (tertiary/aromatic N) is 1. The van der Waals surface area contributed by atoms with Gasteiger partial charge in [0.25, 0.3) is 0 Å². The first-order valence-electron chi connectivity index (χ1n) is 6.69. The maximum atomic E-state index is 10.3. The van der Waals surface area contributed by atoms with Crippen molar-refractivity contribution in [3.63, 3.8) is 0 Å². The predicted octanol–water partition coefficient (Wildman–Crippen LogP) is 0.600. The average molecular weight is 242 g/mol. The van der Waals surface area contributed by atoms with E-state index in [0.29, 0.717) is 19.2 Å². The van der Waals surface area contributed by atoms with Crippen molar-refractivity contribution in [1.82, 2.24) is 10.2 Å². The molecule has 0 aromatic heterocycles. The summed E-state index contributed by atoms with van der Waals surface area (Å²) in [6.45, 7) is 10.5. The van der Waals surface area contributed by atoms with Gasteiger partial charge in [-0.25, -0.2) is 0 Å². The molecule has 2 unspecified atom stereocenters. The second kappa shape index (κ2) is 4.84. The van der Waals surface area contributed by atoms with Gasteiger partial charge in [-0.3, -0.25) is 4.90 Å². The first-order valence-corrected chi connectivity index (χ1v) is 6.69. The molecule has 2 saturated heterocycles. The number of hydrogen-bond donors (Lipinski definition) is 2. The van der Waals surface area contributed by atoms with Crippen LogP contribution in [0.5, 0.6) is 0 Å². The molecule has 2 aliphatic rings. The van der Waals surface area contributed by atoms with Gasteiger partial charge < -0.3 is 15.2 Å². The molecule has 2 heterocycles. The van der Waals surface area contributed by atoms with E-state index in [0.717, 1.165) is 26.1 Å². The third kappa shape index (κ3) is 3.41. The Morgan fingerprint density at radius 2 is 2.12 bits per heavy atom. The Hall–Kier alpha value is -0.160. The van der Waals surface area contributed by atoms with E-state index >= 15 is 0 Å². The first kappa shape index (κ1) is 13.3. The van der Waals surface area contributed by atoms with Crippen LogP contribution in [-0.2, 0) is 4.74 Å².